The van der Waals surface area contributed by atoms with Crippen molar-refractivity contribution in [1.82, 2.24) is 0 Å². The van der Waals surface area contributed by atoms with Crippen molar-refractivity contribution in [3.05, 3.63) is 146 Å². The van der Waals surface area contributed by atoms with E-state index in [1.165, 1.54) is 89.9 Å². The smallest absolute Gasteiger partial charge is 0.306 e. The van der Waals surface area contributed by atoms with Crippen LogP contribution in [0.25, 0.3) is 0 Å². The molecule has 0 saturated carbocycles. The van der Waals surface area contributed by atoms with Crippen molar-refractivity contribution >= 4 is 17.9 Å². The summed E-state index contributed by atoms with van der Waals surface area (Å²) in [6, 6.07) is 0. The van der Waals surface area contributed by atoms with Crippen molar-refractivity contribution < 1.29 is 28.6 Å². The van der Waals surface area contributed by atoms with Crippen LogP contribution in [0.1, 0.15) is 290 Å². The molecule has 0 amide bonds. The third-order valence-electron chi connectivity index (χ3n) is 13.8. The Balaban J connectivity index is 4.43. The molecule has 6 nitrogen and oxygen atoms in total. The highest BCUT2D eigenvalue weighted by Crippen LogP contribution is 2.16. The van der Waals surface area contributed by atoms with E-state index < -0.39 is 6.10 Å². The van der Waals surface area contributed by atoms with Crippen LogP contribution in [0.5, 0.6) is 0 Å². The maximum absolute atomic E-state index is 12.9. The maximum atomic E-state index is 12.9. The Morgan fingerprint density at radius 2 is 0.444 bits per heavy atom. The molecule has 0 aromatic carbocycles. The lowest BCUT2D eigenvalue weighted by Gasteiger charge is -2.18. The second kappa shape index (κ2) is 67.8. The van der Waals surface area contributed by atoms with Crippen LogP contribution in [-0.2, 0) is 28.6 Å². The van der Waals surface area contributed by atoms with Gasteiger partial charge in [0.15, 0.2) is 6.10 Å². The molecule has 0 spiro atoms. The summed E-state index contributed by atoms with van der Waals surface area (Å²) in [6.07, 6.45) is 97.1. The first-order valence-corrected chi connectivity index (χ1v) is 33.3. The molecule has 0 saturated heterocycles. The molecule has 0 N–H and O–H groups in total. The molecular formula is C75H122O6. The first-order valence-electron chi connectivity index (χ1n) is 33.3. The molecule has 458 valence electrons. The maximum Gasteiger partial charge on any atom is 0.306 e. The quantitative estimate of drug-likeness (QED) is 0.0261. The normalized spacial score (nSPS) is 13.1. The average Bonchev–Trinajstić information content (AvgIpc) is 3.47. The average molecular weight is 1120 g/mol. The largest absolute Gasteiger partial charge is 0.462 e. The molecule has 0 aromatic rings. The molecule has 0 aliphatic heterocycles. The minimum atomic E-state index is -0.801. The summed E-state index contributed by atoms with van der Waals surface area (Å²) < 4.78 is 17.0. The van der Waals surface area contributed by atoms with E-state index in [4.69, 9.17) is 14.2 Å². The number of carbonyl (C=O) groups excluding carboxylic acids is 3. The lowest BCUT2D eigenvalue weighted by Crippen LogP contribution is -2.30. The highest BCUT2D eigenvalue weighted by molar-refractivity contribution is 5.71. The third-order valence-corrected chi connectivity index (χ3v) is 13.8. The summed E-state index contributed by atoms with van der Waals surface area (Å²) in [5, 5.41) is 0. The Kier molecular flexibility index (Phi) is 63.9. The summed E-state index contributed by atoms with van der Waals surface area (Å²) in [6.45, 7) is 6.29. The van der Waals surface area contributed by atoms with Gasteiger partial charge in [0.1, 0.15) is 13.2 Å². The summed E-state index contributed by atoms with van der Waals surface area (Å²) in [5.41, 5.74) is 0. The van der Waals surface area contributed by atoms with E-state index in [1.54, 1.807) is 0 Å². The highest BCUT2D eigenvalue weighted by atomic mass is 16.6. The van der Waals surface area contributed by atoms with E-state index in [-0.39, 0.29) is 31.1 Å². The topological polar surface area (TPSA) is 78.9 Å². The van der Waals surface area contributed by atoms with Crippen LogP contribution in [0.4, 0.5) is 0 Å². The molecule has 0 heterocycles. The number of hydrogen-bond donors (Lipinski definition) is 0. The fraction of sp³-hybridized carbons (Fsp3) is 0.640. The van der Waals surface area contributed by atoms with Gasteiger partial charge in [-0.15, -0.1) is 0 Å². The van der Waals surface area contributed by atoms with Gasteiger partial charge in [0, 0.05) is 19.3 Å². The molecule has 0 fully saturated rings. The van der Waals surface area contributed by atoms with Crippen LogP contribution in [-0.4, -0.2) is 37.2 Å². The predicted molar refractivity (Wildman–Crippen MR) is 352 cm³/mol. The van der Waals surface area contributed by atoms with Crippen molar-refractivity contribution in [2.75, 3.05) is 13.2 Å². The minimum Gasteiger partial charge on any atom is -0.462 e. The van der Waals surface area contributed by atoms with E-state index in [0.29, 0.717) is 19.3 Å². The number of rotatable bonds is 59. The Labute approximate surface area is 499 Å². The van der Waals surface area contributed by atoms with Crippen molar-refractivity contribution in [2.45, 2.75) is 297 Å². The van der Waals surface area contributed by atoms with Crippen LogP contribution < -0.4 is 0 Å². The summed E-state index contributed by atoms with van der Waals surface area (Å²) in [7, 11) is 0. The Morgan fingerprint density at radius 3 is 0.691 bits per heavy atom. The van der Waals surface area contributed by atoms with Gasteiger partial charge < -0.3 is 14.2 Å². The lowest BCUT2D eigenvalue weighted by atomic mass is 10.0. The standard InChI is InChI=1S/C75H122O6/c1-4-7-10-13-16-19-22-25-28-31-34-35-36-37-38-39-42-44-47-50-53-56-59-62-65-68-74(77)80-71-72(81-75(78)69-66-63-60-57-54-51-48-45-41-33-30-27-24-21-18-15-12-9-6-3)70-79-73(76)67-64-61-58-55-52-49-46-43-40-32-29-26-23-20-17-14-11-8-5-2/h7-12,16-21,25-30,34-35,40-41,43,45,72H,4-6,13-15,22-24,31-33,36-39,42,44,46-71H2,1-3H3/b10-7-,11-8-,12-9-,19-16-,20-17-,21-18-,28-25-,29-26-,30-27-,35-34-,43-40-,45-41-. The molecule has 6 heteroatoms. The van der Waals surface area contributed by atoms with Gasteiger partial charge >= 0.3 is 17.9 Å². The molecule has 0 radical (unpaired) electrons. The number of hydrogen-bond acceptors (Lipinski definition) is 6. The van der Waals surface area contributed by atoms with Crippen molar-refractivity contribution in [1.29, 1.82) is 0 Å². The van der Waals surface area contributed by atoms with Gasteiger partial charge in [-0.05, 0) is 135 Å². The van der Waals surface area contributed by atoms with Crippen LogP contribution in [0, 0.1) is 0 Å². The van der Waals surface area contributed by atoms with E-state index in [1.807, 2.05) is 0 Å². The molecule has 81 heavy (non-hydrogen) atoms. The van der Waals surface area contributed by atoms with Crippen LogP contribution in [0.2, 0.25) is 0 Å². The number of ether oxygens (including phenoxy) is 3. The second-order valence-electron chi connectivity index (χ2n) is 21.6. The SMILES string of the molecule is CC/C=C\C/C=C\C/C=C\C/C=C\CCCCCCCCCCCCCCC(=O)OCC(COC(=O)CCCCCCCC/C=C\C/C=C\C/C=C\C/C=C\CC)OC(=O)CCCCCCCC/C=C\C/C=C\C/C=C\C/C=C\CC. The van der Waals surface area contributed by atoms with Gasteiger partial charge in [-0.3, -0.25) is 14.4 Å². The molecule has 0 aliphatic carbocycles. The Bertz CT molecular complexity index is 1760. The third kappa shape index (κ3) is 66.0. The molecule has 0 aromatic heterocycles. The van der Waals surface area contributed by atoms with Gasteiger partial charge in [0.05, 0.1) is 0 Å². The van der Waals surface area contributed by atoms with E-state index in [0.717, 1.165) is 161 Å². The minimum absolute atomic E-state index is 0.0939. The zero-order chi connectivity index (χ0) is 58.5. The number of esters is 3. The van der Waals surface area contributed by atoms with E-state index in [2.05, 4.69) is 167 Å². The summed E-state index contributed by atoms with van der Waals surface area (Å²) in [5.74, 6) is -0.920. The summed E-state index contributed by atoms with van der Waals surface area (Å²) >= 11 is 0. The Morgan fingerprint density at radius 1 is 0.247 bits per heavy atom. The monoisotopic (exact) mass is 1120 g/mol. The second-order valence-corrected chi connectivity index (χ2v) is 21.6. The first kappa shape index (κ1) is 76.3. The summed E-state index contributed by atoms with van der Waals surface area (Å²) in [4.78, 5) is 38.4. The molecule has 0 rings (SSSR count). The molecule has 0 bridgehead atoms. The highest BCUT2D eigenvalue weighted by Gasteiger charge is 2.19. The van der Waals surface area contributed by atoms with Gasteiger partial charge in [-0.25, -0.2) is 0 Å². The van der Waals surface area contributed by atoms with Gasteiger partial charge in [0.25, 0.3) is 0 Å². The van der Waals surface area contributed by atoms with Crippen LogP contribution in [0.3, 0.4) is 0 Å². The molecule has 0 aliphatic rings. The van der Waals surface area contributed by atoms with Gasteiger partial charge in [-0.1, -0.05) is 282 Å². The van der Waals surface area contributed by atoms with Crippen LogP contribution >= 0.6 is 0 Å². The van der Waals surface area contributed by atoms with Gasteiger partial charge in [0.2, 0.25) is 0 Å². The predicted octanol–water partition coefficient (Wildman–Crippen LogP) is 23.1. The fourth-order valence-corrected chi connectivity index (χ4v) is 8.95. The van der Waals surface area contributed by atoms with Crippen LogP contribution in [0.15, 0.2) is 146 Å². The van der Waals surface area contributed by atoms with Crippen molar-refractivity contribution in [2.24, 2.45) is 0 Å². The lowest BCUT2D eigenvalue weighted by molar-refractivity contribution is -0.167. The number of allylic oxidation sites excluding steroid dienone is 24. The number of carbonyl (C=O) groups is 3. The van der Waals surface area contributed by atoms with Gasteiger partial charge in [-0.2, -0.15) is 0 Å². The molecule has 1 atom stereocenters. The van der Waals surface area contributed by atoms with E-state index in [9.17, 15) is 14.4 Å². The zero-order valence-electron chi connectivity index (χ0n) is 52.5. The molecular weight excluding hydrogens is 997 g/mol. The van der Waals surface area contributed by atoms with E-state index >= 15 is 0 Å². The van der Waals surface area contributed by atoms with Crippen molar-refractivity contribution in [3.8, 4) is 0 Å². The molecule has 1 unspecified atom stereocenters. The Hall–Kier alpha value is -4.71. The van der Waals surface area contributed by atoms with Crippen molar-refractivity contribution in [3.63, 3.8) is 0 Å². The number of unbranched alkanes of at least 4 members (excludes halogenated alkanes) is 24. The first-order chi connectivity index (χ1) is 40.0. The fourth-order valence-electron chi connectivity index (χ4n) is 8.95. The zero-order valence-corrected chi connectivity index (χ0v) is 52.5.